The van der Waals surface area contributed by atoms with Gasteiger partial charge in [-0.3, -0.25) is 9.59 Å². The van der Waals surface area contributed by atoms with Crippen molar-refractivity contribution in [2.45, 2.75) is 35.1 Å². The molecule has 1 aromatic heterocycles. The minimum absolute atomic E-state index is 0.0766. The molecule has 1 amide bonds. The first-order valence-corrected chi connectivity index (χ1v) is 15.5. The van der Waals surface area contributed by atoms with E-state index < -0.39 is 11.2 Å². The van der Waals surface area contributed by atoms with Gasteiger partial charge in [0.2, 0.25) is 5.43 Å². The van der Waals surface area contributed by atoms with Gasteiger partial charge < -0.3 is 24.6 Å². The molecule has 1 unspecified atom stereocenters. The molecule has 3 aliphatic rings. The molecule has 7 nitrogen and oxygen atoms in total. The fourth-order valence-corrected chi connectivity index (χ4v) is 7.78. The number of pyridine rings is 1. The van der Waals surface area contributed by atoms with E-state index in [4.69, 9.17) is 0 Å². The third-order valence-corrected chi connectivity index (χ3v) is 10.1. The Labute approximate surface area is 248 Å². The van der Waals surface area contributed by atoms with Gasteiger partial charge in [-0.05, 0) is 63.2 Å². The number of nitrogens with one attached hydrogen (secondary N) is 1. The number of aromatic nitrogens is 1. The van der Waals surface area contributed by atoms with Gasteiger partial charge in [-0.2, -0.15) is 0 Å². The number of benzene rings is 3. The van der Waals surface area contributed by atoms with E-state index in [1.807, 2.05) is 47.0 Å². The molecular weight excluding hydrogens is 549 g/mol. The maximum Gasteiger partial charge on any atom is 0.259 e. The predicted molar refractivity (Wildman–Crippen MR) is 167 cm³/mol. The second kappa shape index (κ2) is 11.1. The van der Waals surface area contributed by atoms with Gasteiger partial charge in [0, 0.05) is 55.5 Å². The number of hydrogen-bond donors (Lipinski definition) is 1. The molecule has 4 heterocycles. The number of amides is 1. The summed E-state index contributed by atoms with van der Waals surface area (Å²) in [5.74, 6) is -0.771. The number of likely N-dealkylation sites (tertiary alicyclic amines) is 1. The molecule has 216 valence electrons. The van der Waals surface area contributed by atoms with Crippen molar-refractivity contribution in [3.05, 3.63) is 88.5 Å². The fraction of sp³-hybridized carbons (Fsp3) is 0.333. The molecule has 0 saturated carbocycles. The van der Waals surface area contributed by atoms with Gasteiger partial charge in [-0.25, -0.2) is 4.39 Å². The van der Waals surface area contributed by atoms with Crippen LogP contribution in [0.5, 0.6) is 0 Å². The highest BCUT2D eigenvalue weighted by atomic mass is 32.2. The van der Waals surface area contributed by atoms with Crippen LogP contribution in [-0.4, -0.2) is 72.6 Å². The van der Waals surface area contributed by atoms with E-state index in [1.54, 1.807) is 11.1 Å². The second-order valence-corrected chi connectivity index (χ2v) is 12.4. The van der Waals surface area contributed by atoms with E-state index in [2.05, 4.69) is 34.3 Å². The number of anilines is 2. The number of para-hydroxylation sites is 2. The number of carbonyl (C=O) groups is 1. The highest BCUT2D eigenvalue weighted by Crippen LogP contribution is 2.46. The zero-order valence-electron chi connectivity index (χ0n) is 23.7. The molecule has 7 rings (SSSR count). The summed E-state index contributed by atoms with van der Waals surface area (Å²) in [4.78, 5) is 35.7. The van der Waals surface area contributed by atoms with E-state index in [0.29, 0.717) is 54.9 Å². The minimum Gasteiger partial charge on any atom is -0.382 e. The van der Waals surface area contributed by atoms with Crippen LogP contribution >= 0.6 is 11.8 Å². The molecule has 1 atom stereocenters. The Balaban J connectivity index is 1.23. The van der Waals surface area contributed by atoms with Gasteiger partial charge in [0.25, 0.3) is 5.91 Å². The highest BCUT2D eigenvalue weighted by Gasteiger charge is 2.30. The average Bonchev–Trinajstić information content (AvgIpc) is 3.44. The van der Waals surface area contributed by atoms with Crippen molar-refractivity contribution < 1.29 is 9.18 Å². The van der Waals surface area contributed by atoms with Crippen molar-refractivity contribution >= 4 is 39.9 Å². The van der Waals surface area contributed by atoms with Crippen molar-refractivity contribution in [3.63, 3.8) is 0 Å². The van der Waals surface area contributed by atoms with Crippen molar-refractivity contribution in [2.24, 2.45) is 0 Å². The summed E-state index contributed by atoms with van der Waals surface area (Å²) in [5.41, 5.74) is 2.73. The molecule has 3 aliphatic heterocycles. The van der Waals surface area contributed by atoms with Gasteiger partial charge in [0.1, 0.15) is 11.4 Å². The van der Waals surface area contributed by atoms with Gasteiger partial charge in [0.05, 0.1) is 27.2 Å². The van der Waals surface area contributed by atoms with Gasteiger partial charge in [-0.1, -0.05) is 42.1 Å². The fourth-order valence-electron chi connectivity index (χ4n) is 6.57. The summed E-state index contributed by atoms with van der Waals surface area (Å²) in [6.07, 6.45) is 4.95. The monoisotopic (exact) mass is 583 g/mol. The quantitative estimate of drug-likeness (QED) is 0.287. The molecule has 2 fully saturated rings. The lowest BCUT2D eigenvalue weighted by molar-refractivity contribution is 0.0745. The van der Waals surface area contributed by atoms with Crippen LogP contribution in [0.15, 0.2) is 81.4 Å². The Hall–Kier alpha value is -3.82. The van der Waals surface area contributed by atoms with Crippen molar-refractivity contribution in [3.8, 4) is 5.69 Å². The second-order valence-electron chi connectivity index (χ2n) is 11.4. The van der Waals surface area contributed by atoms with E-state index >= 15 is 4.39 Å². The molecule has 42 heavy (non-hydrogen) atoms. The normalized spacial score (nSPS) is 18.4. The molecule has 0 aliphatic carbocycles. The molecular formula is C33H34FN5O2S. The number of rotatable bonds is 6. The lowest BCUT2D eigenvalue weighted by Gasteiger charge is -2.36. The lowest BCUT2D eigenvalue weighted by atomic mass is 10.1. The van der Waals surface area contributed by atoms with Crippen LogP contribution in [0, 0.1) is 5.82 Å². The molecule has 0 bridgehead atoms. The Morgan fingerprint density at radius 1 is 1.02 bits per heavy atom. The summed E-state index contributed by atoms with van der Waals surface area (Å²) < 4.78 is 17.7. The molecule has 3 aromatic carbocycles. The Bertz CT molecular complexity index is 1720. The maximum atomic E-state index is 15.8. The van der Waals surface area contributed by atoms with Crippen molar-refractivity contribution in [1.82, 2.24) is 14.4 Å². The van der Waals surface area contributed by atoms with Crippen LogP contribution in [0.1, 0.15) is 29.6 Å². The summed E-state index contributed by atoms with van der Waals surface area (Å²) in [5, 5.41) is 3.61. The van der Waals surface area contributed by atoms with E-state index in [0.717, 1.165) is 35.7 Å². The van der Waals surface area contributed by atoms with Gasteiger partial charge in [-0.15, -0.1) is 0 Å². The minimum atomic E-state index is -0.464. The summed E-state index contributed by atoms with van der Waals surface area (Å²) >= 11 is 1.47. The van der Waals surface area contributed by atoms with E-state index in [1.165, 1.54) is 24.2 Å². The first-order chi connectivity index (χ1) is 20.5. The first kappa shape index (κ1) is 27.0. The van der Waals surface area contributed by atoms with Crippen LogP contribution in [0.4, 0.5) is 15.8 Å². The van der Waals surface area contributed by atoms with Crippen molar-refractivity contribution in [2.75, 3.05) is 56.5 Å². The predicted octanol–water partition coefficient (Wildman–Crippen LogP) is 5.45. The molecule has 0 spiro atoms. The third kappa shape index (κ3) is 4.74. The standard InChI is InChI=1S/C33H34FN5O2S/c1-36-15-7-10-22(36)13-14-35-29-26(34)20-24-30-32(29)42-28-12-6-5-11-27(28)39(30)21-25(31(24)40)33(41)38-18-16-37(17-19-38)23-8-3-2-4-9-23/h2-6,8-9,11-12,20-22,35H,7,10,13-19H2,1H3. The number of piperazine rings is 1. The first-order valence-electron chi connectivity index (χ1n) is 14.7. The number of hydrogen-bond acceptors (Lipinski definition) is 6. The Morgan fingerprint density at radius 3 is 2.55 bits per heavy atom. The van der Waals surface area contributed by atoms with Crippen LogP contribution < -0.4 is 15.6 Å². The zero-order valence-corrected chi connectivity index (χ0v) is 24.5. The average molecular weight is 584 g/mol. The smallest absolute Gasteiger partial charge is 0.259 e. The Kier molecular flexibility index (Phi) is 7.15. The number of fused-ring (bicyclic) bond motifs is 2. The zero-order chi connectivity index (χ0) is 28.8. The maximum absolute atomic E-state index is 15.8. The van der Waals surface area contributed by atoms with Gasteiger partial charge in [0.15, 0.2) is 0 Å². The molecule has 9 heteroatoms. The summed E-state index contributed by atoms with van der Waals surface area (Å²) in [7, 11) is 2.14. The number of halogens is 1. The molecule has 2 saturated heterocycles. The number of nitrogens with zero attached hydrogens (tertiary/aromatic N) is 4. The van der Waals surface area contributed by atoms with Crippen LogP contribution in [0.25, 0.3) is 16.6 Å². The molecule has 4 aromatic rings. The van der Waals surface area contributed by atoms with Crippen LogP contribution in [0.2, 0.25) is 0 Å². The summed E-state index contributed by atoms with van der Waals surface area (Å²) in [6.45, 7) is 4.13. The topological polar surface area (TPSA) is 60.8 Å². The SMILES string of the molecule is CN1CCCC1CCNc1c(F)cc2c(=O)c(C(=O)N3CCN(c4ccccc4)CC3)cn3c2c1Sc1ccccc1-3. The third-order valence-electron chi connectivity index (χ3n) is 8.90. The largest absolute Gasteiger partial charge is 0.382 e. The number of carbonyl (C=O) groups excluding carboxylic acids is 1. The Morgan fingerprint density at radius 2 is 1.79 bits per heavy atom. The molecule has 1 N–H and O–H groups in total. The van der Waals surface area contributed by atoms with E-state index in [-0.39, 0.29) is 16.9 Å². The lowest BCUT2D eigenvalue weighted by Crippen LogP contribution is -2.49. The highest BCUT2D eigenvalue weighted by molar-refractivity contribution is 8.00. The van der Waals surface area contributed by atoms with Crippen LogP contribution in [-0.2, 0) is 0 Å². The van der Waals surface area contributed by atoms with E-state index in [9.17, 15) is 9.59 Å². The van der Waals surface area contributed by atoms with Crippen LogP contribution in [0.3, 0.4) is 0 Å². The molecule has 0 radical (unpaired) electrons. The summed E-state index contributed by atoms with van der Waals surface area (Å²) in [6, 6.07) is 19.8. The van der Waals surface area contributed by atoms with Gasteiger partial charge >= 0.3 is 0 Å². The van der Waals surface area contributed by atoms with Crippen molar-refractivity contribution in [1.29, 1.82) is 0 Å².